The van der Waals surface area contributed by atoms with Crippen molar-refractivity contribution in [1.29, 1.82) is 0 Å². The first-order valence-electron chi connectivity index (χ1n) is 9.67. The second-order valence-electron chi connectivity index (χ2n) is 8.12. The Morgan fingerprint density at radius 2 is 2.00 bits per heavy atom. The molecule has 2 saturated carbocycles. The second-order valence-corrected chi connectivity index (χ2v) is 11.1. The maximum atomic E-state index is 13.1. The molecule has 0 saturated heterocycles. The van der Waals surface area contributed by atoms with Crippen LogP contribution < -0.4 is 10.1 Å². The molecule has 8 heteroatoms. The highest BCUT2D eigenvalue weighted by Crippen LogP contribution is 2.50. The van der Waals surface area contributed by atoms with Gasteiger partial charge in [0.1, 0.15) is 10.8 Å². The van der Waals surface area contributed by atoms with E-state index in [1.165, 1.54) is 16.7 Å². The molecule has 1 heterocycles. The Morgan fingerprint density at radius 3 is 2.59 bits per heavy atom. The van der Waals surface area contributed by atoms with E-state index in [2.05, 4.69) is 17.2 Å². The normalized spacial score (nSPS) is 19.1. The number of para-hydroxylation sites is 1. The maximum Gasteiger partial charge on any atom is 0.267 e. The van der Waals surface area contributed by atoms with Gasteiger partial charge < -0.3 is 10.1 Å². The highest BCUT2D eigenvalue weighted by atomic mass is 32.2. The number of benzene rings is 1. The summed E-state index contributed by atoms with van der Waals surface area (Å²) in [6, 6.07) is 8.95. The zero-order valence-electron chi connectivity index (χ0n) is 16.4. The number of thiazole rings is 1. The Bertz CT molecular complexity index is 1040. The SMILES string of the molecule is CC1(c2nc(Oc3ccccc3)c(C(=O)N[C@H](/C=C/S(C)(=O)=O)C3CC3)s2)CC1. The third-order valence-electron chi connectivity index (χ3n) is 5.24. The lowest BCUT2D eigenvalue weighted by molar-refractivity contribution is 0.0942. The Morgan fingerprint density at radius 1 is 1.31 bits per heavy atom. The number of nitrogens with one attached hydrogen (secondary N) is 1. The van der Waals surface area contributed by atoms with E-state index in [1.807, 2.05) is 30.3 Å². The van der Waals surface area contributed by atoms with Gasteiger partial charge in [-0.25, -0.2) is 13.4 Å². The van der Waals surface area contributed by atoms with Crippen LogP contribution in [0, 0.1) is 5.92 Å². The zero-order valence-corrected chi connectivity index (χ0v) is 18.1. The third-order valence-corrected chi connectivity index (χ3v) is 7.23. The summed E-state index contributed by atoms with van der Waals surface area (Å²) in [5.41, 5.74) is 0.0179. The van der Waals surface area contributed by atoms with Crippen molar-refractivity contribution in [3.63, 3.8) is 0 Å². The fourth-order valence-electron chi connectivity index (χ4n) is 3.00. The van der Waals surface area contributed by atoms with Crippen molar-refractivity contribution in [1.82, 2.24) is 10.3 Å². The number of carbonyl (C=O) groups is 1. The molecular formula is C21H24N2O4S2. The number of carbonyl (C=O) groups excluding carboxylic acids is 1. The van der Waals surface area contributed by atoms with Crippen LogP contribution >= 0.6 is 11.3 Å². The van der Waals surface area contributed by atoms with Gasteiger partial charge in [-0.3, -0.25) is 4.79 Å². The van der Waals surface area contributed by atoms with Crippen LogP contribution in [0.5, 0.6) is 11.6 Å². The summed E-state index contributed by atoms with van der Waals surface area (Å²) in [4.78, 5) is 18.1. The molecule has 2 fully saturated rings. The molecular weight excluding hydrogens is 408 g/mol. The van der Waals surface area contributed by atoms with Gasteiger partial charge in [-0.2, -0.15) is 0 Å². The lowest BCUT2D eigenvalue weighted by atomic mass is 10.2. The number of nitrogens with zero attached hydrogens (tertiary/aromatic N) is 1. The molecule has 29 heavy (non-hydrogen) atoms. The molecule has 2 aromatic rings. The van der Waals surface area contributed by atoms with E-state index < -0.39 is 9.84 Å². The van der Waals surface area contributed by atoms with Gasteiger partial charge in [-0.1, -0.05) is 31.2 Å². The van der Waals surface area contributed by atoms with Gasteiger partial charge >= 0.3 is 0 Å². The minimum Gasteiger partial charge on any atom is -0.437 e. The van der Waals surface area contributed by atoms with Crippen LogP contribution in [0.2, 0.25) is 0 Å². The van der Waals surface area contributed by atoms with Crippen LogP contribution in [0.4, 0.5) is 0 Å². The molecule has 2 aliphatic carbocycles. The maximum absolute atomic E-state index is 13.1. The number of aromatic nitrogens is 1. The molecule has 0 radical (unpaired) electrons. The number of hydrogen-bond acceptors (Lipinski definition) is 6. The van der Waals surface area contributed by atoms with E-state index in [4.69, 9.17) is 4.74 Å². The molecule has 2 aliphatic rings. The fourth-order valence-corrected chi connectivity index (χ4v) is 4.55. The van der Waals surface area contributed by atoms with Crippen LogP contribution in [-0.2, 0) is 15.3 Å². The molecule has 1 amide bonds. The molecule has 0 aliphatic heterocycles. The lowest BCUT2D eigenvalue weighted by Gasteiger charge is -2.14. The minimum atomic E-state index is -3.25. The summed E-state index contributed by atoms with van der Waals surface area (Å²) < 4.78 is 28.9. The van der Waals surface area contributed by atoms with Crippen LogP contribution in [-0.4, -0.2) is 31.6 Å². The smallest absolute Gasteiger partial charge is 0.267 e. The highest BCUT2D eigenvalue weighted by molar-refractivity contribution is 7.93. The molecule has 1 aromatic heterocycles. The van der Waals surface area contributed by atoms with Gasteiger partial charge in [0.05, 0.1) is 6.04 Å². The predicted octanol–water partition coefficient (Wildman–Crippen LogP) is 4.05. The summed E-state index contributed by atoms with van der Waals surface area (Å²) in [7, 11) is -3.25. The number of rotatable bonds is 8. The summed E-state index contributed by atoms with van der Waals surface area (Å²) in [5, 5.41) is 5.05. The molecule has 1 N–H and O–H groups in total. The first-order chi connectivity index (χ1) is 13.7. The van der Waals surface area contributed by atoms with Gasteiger partial charge in [0, 0.05) is 17.1 Å². The van der Waals surface area contributed by atoms with E-state index in [-0.39, 0.29) is 23.3 Å². The van der Waals surface area contributed by atoms with E-state index in [0.717, 1.165) is 36.9 Å². The Labute approximate surface area is 174 Å². The summed E-state index contributed by atoms with van der Waals surface area (Å²) in [5.74, 6) is 0.918. The van der Waals surface area contributed by atoms with Crippen molar-refractivity contribution < 1.29 is 17.9 Å². The first-order valence-corrected chi connectivity index (χ1v) is 12.4. The number of ether oxygens (including phenoxy) is 1. The summed E-state index contributed by atoms with van der Waals surface area (Å²) >= 11 is 1.36. The number of sulfone groups is 1. The molecule has 1 aromatic carbocycles. The van der Waals surface area contributed by atoms with E-state index in [1.54, 1.807) is 6.08 Å². The highest BCUT2D eigenvalue weighted by Gasteiger charge is 2.43. The largest absolute Gasteiger partial charge is 0.437 e. The lowest BCUT2D eigenvalue weighted by Crippen LogP contribution is -2.34. The van der Waals surface area contributed by atoms with Crippen LogP contribution in [0.15, 0.2) is 41.8 Å². The Kier molecular flexibility index (Phi) is 5.25. The van der Waals surface area contributed by atoms with Crippen molar-refractivity contribution in [2.24, 2.45) is 5.92 Å². The standard InChI is InChI=1S/C21H24N2O4S2/c1-21(11-12-21)20-23-19(27-15-6-4-3-5-7-15)17(28-20)18(24)22-16(14-8-9-14)10-13-29(2,25)26/h3-7,10,13-14,16H,8-9,11-12H2,1-2H3,(H,22,24)/b13-10+/t16-/m1/s1. The summed E-state index contributed by atoms with van der Waals surface area (Å²) in [6.45, 7) is 2.14. The van der Waals surface area contributed by atoms with E-state index in [0.29, 0.717) is 16.5 Å². The van der Waals surface area contributed by atoms with Crippen molar-refractivity contribution >= 4 is 27.1 Å². The van der Waals surface area contributed by atoms with Crippen LogP contribution in [0.1, 0.15) is 47.3 Å². The number of amides is 1. The van der Waals surface area contributed by atoms with Crippen molar-refractivity contribution in [2.45, 2.75) is 44.1 Å². The molecule has 4 rings (SSSR count). The van der Waals surface area contributed by atoms with Crippen molar-refractivity contribution in [3.8, 4) is 11.6 Å². The fraction of sp³-hybridized carbons (Fsp3) is 0.429. The molecule has 154 valence electrons. The van der Waals surface area contributed by atoms with E-state index >= 15 is 0 Å². The van der Waals surface area contributed by atoms with Crippen LogP contribution in [0.3, 0.4) is 0 Å². The average molecular weight is 433 g/mol. The Balaban J connectivity index is 1.59. The van der Waals surface area contributed by atoms with Gasteiger partial charge in [-0.15, -0.1) is 11.3 Å². The van der Waals surface area contributed by atoms with Crippen LogP contribution in [0.25, 0.3) is 0 Å². The van der Waals surface area contributed by atoms with Gasteiger partial charge in [-0.05, 0) is 43.7 Å². The molecule has 1 atom stereocenters. The molecule has 0 unspecified atom stereocenters. The molecule has 6 nitrogen and oxygen atoms in total. The van der Waals surface area contributed by atoms with E-state index in [9.17, 15) is 13.2 Å². The monoisotopic (exact) mass is 432 g/mol. The average Bonchev–Trinajstić information content (AvgIpc) is 3.59. The minimum absolute atomic E-state index is 0.0179. The van der Waals surface area contributed by atoms with Crippen molar-refractivity contribution in [2.75, 3.05) is 6.26 Å². The first kappa shape index (κ1) is 20.1. The number of hydrogen-bond donors (Lipinski definition) is 1. The molecule has 0 bridgehead atoms. The second kappa shape index (κ2) is 7.57. The summed E-state index contributed by atoms with van der Waals surface area (Å²) in [6.07, 6.45) is 6.76. The van der Waals surface area contributed by atoms with Gasteiger partial charge in [0.2, 0.25) is 5.88 Å². The predicted molar refractivity (Wildman–Crippen MR) is 113 cm³/mol. The quantitative estimate of drug-likeness (QED) is 0.680. The van der Waals surface area contributed by atoms with Gasteiger partial charge in [0.25, 0.3) is 5.91 Å². The third kappa shape index (κ3) is 5.05. The zero-order chi connectivity index (χ0) is 20.6. The Hall–Kier alpha value is -2.19. The topological polar surface area (TPSA) is 85.4 Å². The molecule has 0 spiro atoms. The van der Waals surface area contributed by atoms with Gasteiger partial charge in [0.15, 0.2) is 14.7 Å². The van der Waals surface area contributed by atoms with Crippen molar-refractivity contribution in [3.05, 3.63) is 51.7 Å².